The number of hydrogen-bond acceptors (Lipinski definition) is 5. The molecule has 1 aliphatic rings. The Hall–Kier alpha value is -3.17. The number of alkyl halides is 3. The van der Waals surface area contributed by atoms with Crippen LogP contribution < -0.4 is 0 Å². The lowest BCUT2D eigenvalue weighted by Gasteiger charge is -2.12. The zero-order valence-electron chi connectivity index (χ0n) is 12.0. The highest BCUT2D eigenvalue weighted by Crippen LogP contribution is 2.31. The highest BCUT2D eigenvalue weighted by Gasteiger charge is 2.41. The van der Waals surface area contributed by atoms with Crippen LogP contribution in [0.3, 0.4) is 0 Å². The number of imide groups is 1. The molecule has 0 atom stereocenters. The summed E-state index contributed by atoms with van der Waals surface area (Å²) in [6, 6.07) is 5.77. The highest BCUT2D eigenvalue weighted by molar-refractivity contribution is 6.21. The third-order valence-corrected chi connectivity index (χ3v) is 3.42. The number of benzene rings is 1. The van der Waals surface area contributed by atoms with Crippen LogP contribution in [0.2, 0.25) is 0 Å². The smallest absolute Gasteiger partial charge is 0.322 e. The molecule has 1 N–H and O–H groups in total. The fourth-order valence-corrected chi connectivity index (χ4v) is 2.25. The Morgan fingerprint density at radius 2 is 1.71 bits per heavy atom. The molecule has 0 radical (unpaired) electrons. The van der Waals surface area contributed by atoms with Crippen molar-refractivity contribution in [1.29, 1.82) is 0 Å². The third-order valence-electron chi connectivity index (χ3n) is 3.42. The molecular formula is C14H8F3N3O4. The van der Waals surface area contributed by atoms with Gasteiger partial charge in [-0.15, -0.1) is 0 Å². The van der Waals surface area contributed by atoms with Crippen LogP contribution >= 0.6 is 0 Å². The lowest BCUT2D eigenvalue weighted by Crippen LogP contribution is -2.33. The standard InChI is InChI=1S/C14H8F3N3O4/c1-6-9(18-19-10(6)14(15,16)17)13(23)24-20-11(21)7-4-2-3-5-8(7)12(20)22/h2-5H,1H3,(H,18,19). The SMILES string of the molecule is Cc1c(C(=O)ON2C(=O)c3ccccc3C2=O)n[nH]c1C(F)(F)F. The topological polar surface area (TPSA) is 92.4 Å². The Kier molecular flexibility index (Phi) is 3.39. The van der Waals surface area contributed by atoms with Crippen LogP contribution in [0.1, 0.15) is 42.5 Å². The van der Waals surface area contributed by atoms with Crippen molar-refractivity contribution in [2.24, 2.45) is 0 Å². The molecule has 0 saturated heterocycles. The highest BCUT2D eigenvalue weighted by atomic mass is 19.4. The number of nitrogens with zero attached hydrogens (tertiary/aromatic N) is 2. The molecule has 3 rings (SSSR count). The van der Waals surface area contributed by atoms with E-state index in [0.29, 0.717) is 0 Å². The summed E-state index contributed by atoms with van der Waals surface area (Å²) >= 11 is 0. The molecule has 0 saturated carbocycles. The molecule has 7 nitrogen and oxygen atoms in total. The van der Waals surface area contributed by atoms with E-state index < -0.39 is 40.9 Å². The first-order valence-corrected chi connectivity index (χ1v) is 6.54. The van der Waals surface area contributed by atoms with E-state index in [0.717, 1.165) is 6.92 Å². The molecule has 0 bridgehead atoms. The van der Waals surface area contributed by atoms with Crippen molar-refractivity contribution in [1.82, 2.24) is 15.3 Å². The first-order chi connectivity index (χ1) is 11.2. The van der Waals surface area contributed by atoms with E-state index in [9.17, 15) is 27.6 Å². The number of carbonyl (C=O) groups excluding carboxylic acids is 3. The van der Waals surface area contributed by atoms with Crippen molar-refractivity contribution < 1.29 is 32.4 Å². The first kappa shape index (κ1) is 15.7. The van der Waals surface area contributed by atoms with Gasteiger partial charge in [0.2, 0.25) is 0 Å². The van der Waals surface area contributed by atoms with E-state index in [-0.39, 0.29) is 16.2 Å². The van der Waals surface area contributed by atoms with Crippen LogP contribution in [0.5, 0.6) is 0 Å². The van der Waals surface area contributed by atoms with Gasteiger partial charge in [-0.1, -0.05) is 17.2 Å². The van der Waals surface area contributed by atoms with Crippen LogP contribution in [-0.4, -0.2) is 33.0 Å². The van der Waals surface area contributed by atoms with Crippen LogP contribution in [0.4, 0.5) is 13.2 Å². The molecule has 24 heavy (non-hydrogen) atoms. The predicted octanol–water partition coefficient (Wildman–Crippen LogP) is 2.10. The predicted molar refractivity (Wildman–Crippen MR) is 70.7 cm³/mol. The van der Waals surface area contributed by atoms with Gasteiger partial charge in [-0.05, 0) is 19.1 Å². The minimum absolute atomic E-state index is 0.0324. The van der Waals surface area contributed by atoms with Crippen molar-refractivity contribution in [2.45, 2.75) is 13.1 Å². The number of fused-ring (bicyclic) bond motifs is 1. The second kappa shape index (κ2) is 5.18. The molecule has 0 spiro atoms. The molecule has 0 unspecified atom stereocenters. The lowest BCUT2D eigenvalue weighted by atomic mass is 10.1. The van der Waals surface area contributed by atoms with Crippen molar-refractivity contribution in [3.63, 3.8) is 0 Å². The average molecular weight is 339 g/mol. The number of aromatic nitrogens is 2. The summed E-state index contributed by atoms with van der Waals surface area (Å²) in [7, 11) is 0. The van der Waals surface area contributed by atoms with Gasteiger partial charge < -0.3 is 4.84 Å². The maximum absolute atomic E-state index is 12.7. The molecule has 1 aliphatic heterocycles. The first-order valence-electron chi connectivity index (χ1n) is 6.54. The fraction of sp³-hybridized carbons (Fsp3) is 0.143. The number of H-pyrrole nitrogens is 1. The number of hydroxylamine groups is 2. The molecule has 1 aromatic heterocycles. The summed E-state index contributed by atoms with van der Waals surface area (Å²) in [5, 5.41) is 5.15. The van der Waals surface area contributed by atoms with Crippen LogP contribution in [0, 0.1) is 6.92 Å². The van der Waals surface area contributed by atoms with Crippen molar-refractivity contribution in [3.05, 3.63) is 52.3 Å². The van der Waals surface area contributed by atoms with Gasteiger partial charge in [0.25, 0.3) is 11.8 Å². The van der Waals surface area contributed by atoms with Crippen molar-refractivity contribution in [3.8, 4) is 0 Å². The maximum Gasteiger partial charge on any atom is 0.433 e. The normalized spacial score (nSPS) is 14.1. The van der Waals surface area contributed by atoms with Gasteiger partial charge in [-0.25, -0.2) is 4.79 Å². The van der Waals surface area contributed by atoms with Gasteiger partial charge in [-0.3, -0.25) is 14.7 Å². The zero-order chi connectivity index (χ0) is 17.6. The monoisotopic (exact) mass is 339 g/mol. The van der Waals surface area contributed by atoms with Gasteiger partial charge in [-0.2, -0.15) is 18.3 Å². The Morgan fingerprint density at radius 1 is 1.17 bits per heavy atom. The number of carbonyl (C=O) groups is 3. The largest absolute Gasteiger partial charge is 0.433 e. The van der Waals surface area contributed by atoms with Gasteiger partial charge in [0, 0.05) is 5.56 Å². The lowest BCUT2D eigenvalue weighted by molar-refractivity contribution is -0.141. The summed E-state index contributed by atoms with van der Waals surface area (Å²) in [5.74, 6) is -3.12. The van der Waals surface area contributed by atoms with Crippen molar-refractivity contribution >= 4 is 17.8 Å². The zero-order valence-corrected chi connectivity index (χ0v) is 12.0. The maximum atomic E-state index is 12.7. The Balaban J connectivity index is 1.86. The van der Waals surface area contributed by atoms with Crippen molar-refractivity contribution in [2.75, 3.05) is 0 Å². The molecular weight excluding hydrogens is 331 g/mol. The number of rotatable bonds is 2. The molecule has 124 valence electrons. The molecule has 0 fully saturated rings. The molecule has 1 aromatic carbocycles. The van der Waals surface area contributed by atoms with E-state index in [1.807, 2.05) is 0 Å². The van der Waals surface area contributed by atoms with Gasteiger partial charge >= 0.3 is 12.1 Å². The number of amides is 2. The second-order valence-electron chi connectivity index (χ2n) is 4.90. The number of hydrogen-bond donors (Lipinski definition) is 1. The molecule has 2 aromatic rings. The molecule has 0 aliphatic carbocycles. The number of aromatic amines is 1. The Labute approximate surface area is 132 Å². The van der Waals surface area contributed by atoms with Crippen LogP contribution in [0.25, 0.3) is 0 Å². The van der Waals surface area contributed by atoms with E-state index in [1.54, 1.807) is 5.10 Å². The summed E-state index contributed by atoms with van der Waals surface area (Å²) in [5.41, 5.74) is -2.31. The summed E-state index contributed by atoms with van der Waals surface area (Å²) < 4.78 is 38.1. The molecule has 10 heteroatoms. The Bertz CT molecular complexity index is 837. The van der Waals surface area contributed by atoms with E-state index in [2.05, 4.69) is 9.94 Å². The minimum atomic E-state index is -4.73. The summed E-state index contributed by atoms with van der Waals surface area (Å²) in [4.78, 5) is 40.7. The van der Waals surface area contributed by atoms with E-state index >= 15 is 0 Å². The van der Waals surface area contributed by atoms with Crippen LogP contribution in [0.15, 0.2) is 24.3 Å². The third kappa shape index (κ3) is 2.32. The average Bonchev–Trinajstić information content (AvgIpc) is 3.02. The van der Waals surface area contributed by atoms with Gasteiger partial charge in [0.1, 0.15) is 5.69 Å². The minimum Gasteiger partial charge on any atom is -0.322 e. The van der Waals surface area contributed by atoms with Gasteiger partial charge in [0.05, 0.1) is 11.1 Å². The summed E-state index contributed by atoms with van der Waals surface area (Å²) in [6.07, 6.45) is -4.73. The number of nitrogens with one attached hydrogen (secondary N) is 1. The van der Waals surface area contributed by atoms with Crippen LogP contribution in [-0.2, 0) is 11.0 Å². The molecule has 2 heterocycles. The van der Waals surface area contributed by atoms with E-state index in [4.69, 9.17) is 0 Å². The Morgan fingerprint density at radius 3 is 2.17 bits per heavy atom. The number of halogens is 3. The van der Waals surface area contributed by atoms with E-state index in [1.165, 1.54) is 24.3 Å². The second-order valence-corrected chi connectivity index (χ2v) is 4.90. The molecule has 2 amide bonds. The fourth-order valence-electron chi connectivity index (χ4n) is 2.25. The summed E-state index contributed by atoms with van der Waals surface area (Å²) in [6.45, 7) is 1.02. The quantitative estimate of drug-likeness (QED) is 0.846. The van der Waals surface area contributed by atoms with Gasteiger partial charge in [0.15, 0.2) is 5.69 Å².